The molecule has 0 aliphatic carbocycles. The van der Waals surface area contributed by atoms with Crippen LogP contribution in [0.25, 0.3) is 0 Å². The van der Waals surface area contributed by atoms with E-state index in [9.17, 15) is 0 Å². The van der Waals surface area contributed by atoms with Crippen molar-refractivity contribution in [2.24, 2.45) is 5.92 Å². The quantitative estimate of drug-likeness (QED) is 0.699. The van der Waals surface area contributed by atoms with Gasteiger partial charge >= 0.3 is 0 Å². The van der Waals surface area contributed by atoms with E-state index < -0.39 is 0 Å². The zero-order chi connectivity index (χ0) is 10.4. The smallest absolute Gasteiger partial charge is 0.0667 e. The number of benzene rings is 1. The summed E-state index contributed by atoms with van der Waals surface area (Å²) in [4.78, 5) is 1.24. The summed E-state index contributed by atoms with van der Waals surface area (Å²) >= 11 is 1.78. The van der Waals surface area contributed by atoms with E-state index in [0.29, 0.717) is 5.25 Å². The first-order chi connectivity index (χ1) is 6.77. The number of thioether (sulfide) groups is 1. The molecule has 0 aliphatic rings. The summed E-state index contributed by atoms with van der Waals surface area (Å²) in [6.07, 6.45) is 0.928. The zero-order valence-electron chi connectivity index (χ0n) is 8.60. The molecule has 0 bridgehead atoms. The number of nitriles is 1. The number of hydrogen-bond acceptors (Lipinski definition) is 2. The Kier molecular flexibility index (Phi) is 4.55. The third kappa shape index (κ3) is 3.08. The number of rotatable bonds is 4. The normalized spacial score (nSPS) is 14.4. The Morgan fingerprint density at radius 1 is 1.36 bits per heavy atom. The summed E-state index contributed by atoms with van der Waals surface area (Å²) in [6.45, 7) is 4.19. The van der Waals surface area contributed by atoms with Crippen LogP contribution in [0.4, 0.5) is 0 Å². The lowest BCUT2D eigenvalue weighted by Gasteiger charge is -2.15. The molecule has 0 aromatic heterocycles. The lowest BCUT2D eigenvalue weighted by molar-refractivity contribution is 0.634. The standard InChI is InChI=1S/C12H15NS/c1-3-11(9-13)10(2)14-12-7-5-4-6-8-12/h4-8,10-11H,3H2,1-2H3. The van der Waals surface area contributed by atoms with Crippen molar-refractivity contribution in [2.75, 3.05) is 0 Å². The van der Waals surface area contributed by atoms with E-state index in [1.165, 1.54) is 4.90 Å². The monoisotopic (exact) mass is 205 g/mol. The Hall–Kier alpha value is -0.940. The third-order valence-corrected chi connectivity index (χ3v) is 3.48. The van der Waals surface area contributed by atoms with Gasteiger partial charge in [-0.1, -0.05) is 32.0 Å². The molecule has 0 heterocycles. The lowest BCUT2D eigenvalue weighted by Crippen LogP contribution is -2.10. The summed E-state index contributed by atoms with van der Waals surface area (Å²) in [6, 6.07) is 12.6. The average molecular weight is 205 g/mol. The second kappa shape index (κ2) is 5.72. The van der Waals surface area contributed by atoms with Crippen molar-refractivity contribution < 1.29 is 0 Å². The molecule has 0 spiro atoms. The van der Waals surface area contributed by atoms with Crippen LogP contribution >= 0.6 is 11.8 Å². The number of hydrogen-bond donors (Lipinski definition) is 0. The Labute approximate surface area is 90.1 Å². The van der Waals surface area contributed by atoms with Crippen LogP contribution < -0.4 is 0 Å². The molecule has 74 valence electrons. The first-order valence-electron chi connectivity index (χ1n) is 4.89. The van der Waals surface area contributed by atoms with Gasteiger partial charge < -0.3 is 0 Å². The van der Waals surface area contributed by atoms with Crippen molar-refractivity contribution in [2.45, 2.75) is 30.4 Å². The van der Waals surface area contributed by atoms with Crippen LogP contribution in [0.15, 0.2) is 35.2 Å². The maximum Gasteiger partial charge on any atom is 0.0667 e. The maximum absolute atomic E-state index is 8.91. The van der Waals surface area contributed by atoms with E-state index >= 15 is 0 Å². The van der Waals surface area contributed by atoms with Gasteiger partial charge in [0.25, 0.3) is 0 Å². The van der Waals surface area contributed by atoms with Gasteiger partial charge in [-0.25, -0.2) is 0 Å². The molecule has 0 fully saturated rings. The molecular formula is C12H15NS. The fraction of sp³-hybridized carbons (Fsp3) is 0.417. The predicted octanol–water partition coefficient (Wildman–Crippen LogP) is 3.72. The molecule has 2 unspecified atom stereocenters. The van der Waals surface area contributed by atoms with Gasteiger partial charge in [-0.2, -0.15) is 5.26 Å². The molecule has 2 atom stereocenters. The number of nitrogens with zero attached hydrogens (tertiary/aromatic N) is 1. The van der Waals surface area contributed by atoms with E-state index in [1.807, 2.05) is 18.2 Å². The van der Waals surface area contributed by atoms with Crippen LogP contribution in [-0.2, 0) is 0 Å². The molecule has 0 aliphatic heterocycles. The molecule has 0 amide bonds. The molecular weight excluding hydrogens is 190 g/mol. The van der Waals surface area contributed by atoms with Crippen LogP contribution in [-0.4, -0.2) is 5.25 Å². The van der Waals surface area contributed by atoms with Gasteiger partial charge in [-0.3, -0.25) is 0 Å². The second-order valence-corrected chi connectivity index (χ2v) is 4.73. The molecule has 0 saturated heterocycles. The minimum atomic E-state index is 0.153. The van der Waals surface area contributed by atoms with E-state index in [-0.39, 0.29) is 5.92 Å². The van der Waals surface area contributed by atoms with Crippen LogP contribution in [0.3, 0.4) is 0 Å². The largest absolute Gasteiger partial charge is 0.198 e. The topological polar surface area (TPSA) is 23.8 Å². The maximum atomic E-state index is 8.91. The van der Waals surface area contributed by atoms with Crippen molar-refractivity contribution >= 4 is 11.8 Å². The Morgan fingerprint density at radius 2 is 2.00 bits per heavy atom. The molecule has 1 aromatic rings. The highest BCUT2D eigenvalue weighted by Gasteiger charge is 2.15. The zero-order valence-corrected chi connectivity index (χ0v) is 9.42. The highest BCUT2D eigenvalue weighted by molar-refractivity contribution is 8.00. The minimum Gasteiger partial charge on any atom is -0.198 e. The summed E-state index contributed by atoms with van der Waals surface area (Å²) in [5.41, 5.74) is 0. The van der Waals surface area contributed by atoms with Gasteiger partial charge in [-0.15, -0.1) is 11.8 Å². The van der Waals surface area contributed by atoms with Crippen LogP contribution in [0.2, 0.25) is 0 Å². The fourth-order valence-corrected chi connectivity index (χ4v) is 2.49. The molecule has 0 N–H and O–H groups in total. The minimum absolute atomic E-state index is 0.153. The van der Waals surface area contributed by atoms with Crippen LogP contribution in [0.5, 0.6) is 0 Å². The highest BCUT2D eigenvalue weighted by Crippen LogP contribution is 2.28. The summed E-state index contributed by atoms with van der Waals surface area (Å²) < 4.78 is 0. The average Bonchev–Trinajstić information content (AvgIpc) is 2.21. The molecule has 2 heteroatoms. The van der Waals surface area contributed by atoms with E-state index in [1.54, 1.807) is 11.8 Å². The summed E-state index contributed by atoms with van der Waals surface area (Å²) in [5.74, 6) is 0.153. The van der Waals surface area contributed by atoms with Crippen molar-refractivity contribution in [1.29, 1.82) is 5.26 Å². The van der Waals surface area contributed by atoms with E-state index in [4.69, 9.17) is 5.26 Å². The molecule has 0 radical (unpaired) electrons. The van der Waals surface area contributed by atoms with Gasteiger partial charge in [-0.05, 0) is 18.6 Å². The van der Waals surface area contributed by atoms with Crippen LogP contribution in [0.1, 0.15) is 20.3 Å². The Balaban J connectivity index is 2.57. The Bertz CT molecular complexity index is 302. The first kappa shape index (κ1) is 11.1. The highest BCUT2D eigenvalue weighted by atomic mass is 32.2. The van der Waals surface area contributed by atoms with Crippen molar-refractivity contribution in [3.63, 3.8) is 0 Å². The third-order valence-electron chi connectivity index (χ3n) is 2.24. The fourth-order valence-electron chi connectivity index (χ4n) is 1.32. The molecule has 14 heavy (non-hydrogen) atoms. The SMILES string of the molecule is CCC(C#N)C(C)Sc1ccccc1. The van der Waals surface area contributed by atoms with Crippen molar-refractivity contribution in [3.05, 3.63) is 30.3 Å². The molecule has 1 nitrogen and oxygen atoms in total. The molecule has 1 rings (SSSR count). The first-order valence-corrected chi connectivity index (χ1v) is 5.77. The van der Waals surface area contributed by atoms with Gasteiger partial charge in [0.1, 0.15) is 0 Å². The van der Waals surface area contributed by atoms with Gasteiger partial charge in [0.2, 0.25) is 0 Å². The molecule has 0 saturated carbocycles. The summed E-state index contributed by atoms with van der Waals surface area (Å²) in [7, 11) is 0. The van der Waals surface area contributed by atoms with E-state index in [0.717, 1.165) is 6.42 Å². The second-order valence-electron chi connectivity index (χ2n) is 3.28. The van der Waals surface area contributed by atoms with Crippen molar-refractivity contribution in [3.8, 4) is 6.07 Å². The van der Waals surface area contributed by atoms with Crippen LogP contribution in [0, 0.1) is 17.2 Å². The van der Waals surface area contributed by atoms with Gasteiger partial charge in [0.05, 0.1) is 12.0 Å². The predicted molar refractivity (Wildman–Crippen MR) is 61.2 cm³/mol. The molecule has 1 aromatic carbocycles. The summed E-state index contributed by atoms with van der Waals surface area (Å²) in [5, 5.41) is 9.28. The van der Waals surface area contributed by atoms with Gasteiger partial charge in [0.15, 0.2) is 0 Å². The van der Waals surface area contributed by atoms with Crippen molar-refractivity contribution in [1.82, 2.24) is 0 Å². The van der Waals surface area contributed by atoms with E-state index in [2.05, 4.69) is 32.0 Å². The van der Waals surface area contributed by atoms with Gasteiger partial charge in [0, 0.05) is 10.1 Å². The Morgan fingerprint density at radius 3 is 2.50 bits per heavy atom. The lowest BCUT2D eigenvalue weighted by atomic mass is 10.1.